The van der Waals surface area contributed by atoms with Crippen molar-refractivity contribution in [2.45, 2.75) is 0 Å². The van der Waals surface area contributed by atoms with Crippen LogP contribution < -0.4 is 21.3 Å². The molecule has 0 atom stereocenters. The van der Waals surface area contributed by atoms with Gasteiger partial charge in [0.25, 0.3) is 0 Å². The van der Waals surface area contributed by atoms with Crippen molar-refractivity contribution in [1.29, 1.82) is 0 Å². The number of nitrogens with zero attached hydrogens (tertiary/aromatic N) is 5. The van der Waals surface area contributed by atoms with E-state index in [1.807, 2.05) is 0 Å². The number of rotatable bonds is 6. The van der Waals surface area contributed by atoms with E-state index in [0.717, 1.165) is 0 Å². The highest BCUT2D eigenvalue weighted by atomic mass is 19.2. The smallest absolute Gasteiger partial charge is 0.200 e. The van der Waals surface area contributed by atoms with E-state index in [1.54, 1.807) is 0 Å². The van der Waals surface area contributed by atoms with Crippen LogP contribution in [0.15, 0.2) is 111 Å². The quantitative estimate of drug-likeness (QED) is 0.0946. The molecule has 13 aromatic rings. The Labute approximate surface area is 620 Å². The van der Waals surface area contributed by atoms with Crippen LogP contribution in [0.25, 0.3) is 77.7 Å². The van der Waals surface area contributed by atoms with Crippen molar-refractivity contribution in [3.05, 3.63) is 349 Å². The number of nitrogens with one attached hydrogen (secondary N) is 2. The van der Waals surface area contributed by atoms with E-state index in [2.05, 4.69) is 24.9 Å². The van der Waals surface area contributed by atoms with Gasteiger partial charge >= 0.3 is 0 Å². The fraction of sp³-hybridized carbons (Fsp3) is 0. The van der Waals surface area contributed by atoms with Gasteiger partial charge in [0.1, 0.15) is 5.52 Å². The van der Waals surface area contributed by atoms with Crippen molar-refractivity contribution in [3.8, 4) is 11.1 Å². The van der Waals surface area contributed by atoms with Crippen LogP contribution in [0, 0.1) is 192 Å². The van der Waals surface area contributed by atoms with Crippen molar-refractivity contribution in [1.82, 2.24) is 18.8 Å². The number of aliphatic imine (C=N–C) groups is 3. The summed E-state index contributed by atoms with van der Waals surface area (Å²) in [6, 6.07) is 3.34. The van der Waals surface area contributed by atoms with Gasteiger partial charge in [-0.2, -0.15) is 0 Å². The molecule has 7 nitrogen and oxygen atoms in total. The molecule has 7 aromatic carbocycles. The summed E-state index contributed by atoms with van der Waals surface area (Å²) in [5.41, 5.74) is -41.3. The fourth-order valence-electron chi connectivity index (χ4n) is 14.4. The van der Waals surface area contributed by atoms with E-state index in [0.29, 0.717) is 71.2 Å². The summed E-state index contributed by atoms with van der Waals surface area (Å²) >= 11 is 0. The van der Waals surface area contributed by atoms with Crippen molar-refractivity contribution < 1.29 is 145 Å². The molecule has 4 aliphatic rings. The number of halogens is 33. The maximum atomic E-state index is 18.1. The number of aromatic nitrogens is 4. The van der Waals surface area contributed by atoms with Gasteiger partial charge in [0.05, 0.1) is 100 Å². The van der Waals surface area contributed by atoms with Crippen LogP contribution in [0.1, 0.15) is 39.2 Å². The Hall–Kier alpha value is -13.7. The average Bonchev–Trinajstić information content (AvgIpc) is 1.51. The molecule has 6 aromatic heterocycles. The fourth-order valence-corrected chi connectivity index (χ4v) is 14.4. The Bertz CT molecular complexity index is 7350. The molecule has 117 heavy (non-hydrogen) atoms. The van der Waals surface area contributed by atoms with Crippen LogP contribution in [-0.2, 0) is 0 Å². The zero-order valence-corrected chi connectivity index (χ0v) is 55.3. The first-order valence-corrected chi connectivity index (χ1v) is 32.0. The van der Waals surface area contributed by atoms with Crippen molar-refractivity contribution in [2.24, 2.45) is 15.0 Å². The maximum Gasteiger partial charge on any atom is 0.200 e. The van der Waals surface area contributed by atoms with Crippen molar-refractivity contribution in [3.63, 3.8) is 0 Å². The first-order valence-electron chi connectivity index (χ1n) is 32.0. The Morgan fingerprint density at radius 1 is 0.205 bits per heavy atom. The second-order valence-electron chi connectivity index (χ2n) is 25.4. The monoisotopic (exact) mass is 1670 g/mol. The molecule has 10 heterocycles. The van der Waals surface area contributed by atoms with Crippen LogP contribution in [0.4, 0.5) is 145 Å². The molecule has 0 fully saturated rings. The lowest BCUT2D eigenvalue weighted by atomic mass is 9.98. The summed E-state index contributed by atoms with van der Waals surface area (Å²) in [6.07, 6.45) is 2.22. The lowest BCUT2D eigenvalue weighted by molar-refractivity contribution is 0.376. The van der Waals surface area contributed by atoms with E-state index in [9.17, 15) is 0 Å². The molecular formula is C77H16F33N7. The molecule has 0 spiro atoms. The van der Waals surface area contributed by atoms with Gasteiger partial charge in [-0.25, -0.2) is 160 Å². The first-order chi connectivity index (χ1) is 55.4. The zero-order valence-electron chi connectivity index (χ0n) is 55.3. The predicted molar refractivity (Wildman–Crippen MR) is 344 cm³/mol. The Balaban J connectivity index is 1.16. The molecule has 2 N–H and O–H groups in total. The third-order valence-electron chi connectivity index (χ3n) is 19.4. The maximum absolute atomic E-state index is 18.1. The second-order valence-corrected chi connectivity index (χ2v) is 25.4. The van der Waals surface area contributed by atoms with E-state index in [4.69, 9.17) is 0 Å². The molecule has 17 rings (SSSR count). The molecule has 0 saturated carbocycles. The number of allylic oxidation sites excluding steroid dienone is 5. The largest absolute Gasteiger partial charge is 0.354 e. The van der Waals surface area contributed by atoms with Gasteiger partial charge in [0.2, 0.25) is 34.9 Å². The topological polar surface area (TPSA) is 77.5 Å². The molecule has 4 aliphatic heterocycles. The van der Waals surface area contributed by atoms with Crippen LogP contribution in [0.3, 0.4) is 0 Å². The van der Waals surface area contributed by atoms with E-state index >= 15 is 145 Å². The van der Waals surface area contributed by atoms with Gasteiger partial charge in [-0.05, 0) is 85.0 Å². The third kappa shape index (κ3) is 10.2. The number of fused-ring (bicyclic) bond motifs is 8. The molecule has 0 aliphatic carbocycles. The number of aromatic amines is 2. The summed E-state index contributed by atoms with van der Waals surface area (Å²) in [5, 5.41) is -6.78. The van der Waals surface area contributed by atoms with Crippen LogP contribution in [-0.4, -0.2) is 35.9 Å². The van der Waals surface area contributed by atoms with Crippen LogP contribution in [0.2, 0.25) is 0 Å². The molecule has 0 radical (unpaired) electrons. The van der Waals surface area contributed by atoms with Gasteiger partial charge < -0.3 is 18.8 Å². The van der Waals surface area contributed by atoms with Crippen LogP contribution >= 0.6 is 0 Å². The molecule has 0 unspecified atom stereocenters. The first kappa shape index (κ1) is 75.9. The minimum atomic E-state index is -3.07. The van der Waals surface area contributed by atoms with E-state index < -0.39 is 359 Å². The van der Waals surface area contributed by atoms with Gasteiger partial charge in [-0.1, -0.05) is 0 Å². The molecule has 40 heteroatoms. The van der Waals surface area contributed by atoms with Gasteiger partial charge in [-0.3, -0.25) is 0 Å². The summed E-state index contributed by atoms with van der Waals surface area (Å²) in [4.78, 5) is 16.2. The van der Waals surface area contributed by atoms with E-state index in [-0.39, 0.29) is 22.6 Å². The number of H-pyrrole nitrogens is 2. The molecular weight excluding hydrogens is 1650 g/mol. The summed E-state index contributed by atoms with van der Waals surface area (Å²) in [5.74, 6) is -95.8. The van der Waals surface area contributed by atoms with Gasteiger partial charge in [0, 0.05) is 60.7 Å². The third-order valence-corrected chi connectivity index (χ3v) is 19.4. The molecule has 590 valence electrons. The van der Waals surface area contributed by atoms with Gasteiger partial charge in [-0.15, -0.1) is 0 Å². The average molecular weight is 1670 g/mol. The number of benzene rings is 7. The predicted octanol–water partition coefficient (Wildman–Crippen LogP) is 18.5. The normalized spacial score (nSPS) is 14.5. The Morgan fingerprint density at radius 3 is 0.863 bits per heavy atom. The Morgan fingerprint density at radius 2 is 0.487 bits per heavy atom. The summed E-state index contributed by atoms with van der Waals surface area (Å²) in [7, 11) is 0. The number of hydrogen-bond donors (Lipinski definition) is 2. The zero-order chi connectivity index (χ0) is 84.0. The number of hydrogen-bond acceptors (Lipinski definition) is 3. The lowest BCUT2D eigenvalue weighted by Crippen LogP contribution is -2.24. The van der Waals surface area contributed by atoms with E-state index in [1.165, 1.54) is 0 Å². The standard InChI is InChI=1S/C77H16F33N7/c78-43-36(44(79)57(92)69(104)56(43)91)29-15-1-2-16(111-15)30(37-45(80)58(93)70(105)59(94)46(37)81)18-4-6-20(113-18)32(39-49(84)62(97)72(107)63(98)50(39)85)22-8-10-24(115-22)34-26-12-13-27-35(41-53(88)66(101)74(109)67(102)54(41)89)28-14-11-25(117(28)77-75(110)68(103)55(90)42(34)76(77)116(26)27)33(40-51(86)64(99)73(108)65(100)52(40)87)23-9-7-21(114-23)31(19-5-3-17(29)112-19)38-47(82)60(95)71(106)61(96)48(38)83/h1-14,112-113H. The second kappa shape index (κ2) is 26.2. The summed E-state index contributed by atoms with van der Waals surface area (Å²) < 4.78 is 537. The highest BCUT2D eigenvalue weighted by molar-refractivity contribution is 6.33. The van der Waals surface area contributed by atoms with Crippen LogP contribution in [0.5, 0.6) is 0 Å². The minimum Gasteiger partial charge on any atom is -0.354 e. The molecule has 15 bridgehead atoms. The molecule has 0 amide bonds. The highest BCUT2D eigenvalue weighted by Gasteiger charge is 2.41. The SMILES string of the molecule is Fc1c(F)c(F)c(C2=C3C=CC(=N3)C(c3c(F)c(F)c(F)c(F)c3F)=c3ccc([nH]3)=C(c3c(F)c(F)c(F)c(F)c3F)C3=NC(=c4c5c(F)c(F)c(F)c6c5n5c(ccc45)c(-c4c(F)c(F)c(F)c(F)c4F)c4ccc(n46)=C(c4c(F)c(F)c(F)c(F)c4F)C4=NC(=C(c5c(F)c(F)c(F)c(F)c5F)c5ccc2[nH]5)C=C4)C=C3)c(F)c1F. The van der Waals surface area contributed by atoms with Gasteiger partial charge in [0.15, 0.2) is 157 Å². The highest BCUT2D eigenvalue weighted by Crippen LogP contribution is 2.47. The summed E-state index contributed by atoms with van der Waals surface area (Å²) in [6.45, 7) is 0. The Kier molecular flexibility index (Phi) is 17.0. The van der Waals surface area contributed by atoms with Crippen molar-refractivity contribution >= 4 is 83.7 Å². The lowest BCUT2D eigenvalue weighted by Gasteiger charge is -2.15. The molecule has 0 saturated heterocycles. The van der Waals surface area contributed by atoms with Crippen molar-refractivity contribution in [2.75, 3.05) is 0 Å². The minimum absolute atomic E-state index is 0.110.